The SMILES string of the molecule is COc1cccc(-c2c(C)c(C)cc3[cH-]c(-c4ccc(C)o4)cc23)c1.COc1cccc(-c2c(C)c(C)cc3[cH-]c(-c4ccc(C)o4)cc23)c1.C[Si](C)=[Zr+2].Cl.Cl. The zero-order valence-electron chi connectivity index (χ0n) is 33.8. The van der Waals surface area contributed by atoms with Gasteiger partial charge in [0.05, 0.1) is 37.3 Å². The molecule has 8 aromatic rings. The molecule has 0 aliphatic carbocycles. The monoisotopic (exact) mass is 878 g/mol. The molecule has 8 heteroatoms. The van der Waals surface area contributed by atoms with Gasteiger partial charge in [0.25, 0.3) is 0 Å². The van der Waals surface area contributed by atoms with Crippen LogP contribution in [0.2, 0.25) is 13.1 Å². The van der Waals surface area contributed by atoms with E-state index in [1.807, 2.05) is 62.4 Å². The molecule has 0 atom stereocenters. The molecule has 0 spiro atoms. The van der Waals surface area contributed by atoms with Gasteiger partial charge in [-0.2, -0.15) is 0 Å². The molecular formula is C48H50Cl2O4SiZr. The Bertz CT molecular complexity index is 2430. The molecule has 56 heavy (non-hydrogen) atoms. The first-order valence-electron chi connectivity index (χ1n) is 18.2. The summed E-state index contributed by atoms with van der Waals surface area (Å²) in [5.74, 6) is 5.45. The summed E-state index contributed by atoms with van der Waals surface area (Å²) in [6, 6.07) is 38.0. The van der Waals surface area contributed by atoms with Crippen molar-refractivity contribution in [1.29, 1.82) is 0 Å². The number of methoxy groups -OCH3 is 2. The number of hydrogen-bond acceptors (Lipinski definition) is 4. The second kappa shape index (κ2) is 19.4. The Balaban J connectivity index is 0.000000220. The predicted molar refractivity (Wildman–Crippen MR) is 239 cm³/mol. The Morgan fingerprint density at radius 1 is 0.536 bits per heavy atom. The van der Waals surface area contributed by atoms with E-state index in [0.717, 1.165) is 45.7 Å². The summed E-state index contributed by atoms with van der Waals surface area (Å²) in [5, 5.41) is 4.98. The summed E-state index contributed by atoms with van der Waals surface area (Å²) >= 11 is 1.74. The smallest absolute Gasteiger partial charge is 0.147 e. The fourth-order valence-corrected chi connectivity index (χ4v) is 6.97. The Hall–Kier alpha value is -4.06. The molecule has 2 heterocycles. The maximum atomic E-state index is 5.82. The van der Waals surface area contributed by atoms with Gasteiger partial charge in [0.2, 0.25) is 0 Å². The van der Waals surface area contributed by atoms with E-state index in [1.165, 1.54) is 66.1 Å². The molecule has 0 aliphatic rings. The third kappa shape index (κ3) is 9.90. The number of fused-ring (bicyclic) bond motifs is 2. The van der Waals surface area contributed by atoms with Crippen LogP contribution in [0.15, 0.2) is 118 Å². The zero-order valence-corrected chi connectivity index (χ0v) is 38.9. The molecule has 0 saturated heterocycles. The van der Waals surface area contributed by atoms with Gasteiger partial charge < -0.3 is 18.3 Å². The van der Waals surface area contributed by atoms with Crippen molar-refractivity contribution in [2.24, 2.45) is 0 Å². The van der Waals surface area contributed by atoms with Crippen LogP contribution >= 0.6 is 24.8 Å². The van der Waals surface area contributed by atoms with Gasteiger partial charge in [-0.05, 0) is 112 Å². The normalized spacial score (nSPS) is 10.5. The van der Waals surface area contributed by atoms with Crippen LogP contribution in [0.25, 0.3) is 66.4 Å². The summed E-state index contributed by atoms with van der Waals surface area (Å²) in [4.78, 5) is 0. The van der Waals surface area contributed by atoms with E-state index in [1.54, 1.807) is 37.6 Å². The molecule has 4 nitrogen and oxygen atoms in total. The van der Waals surface area contributed by atoms with Crippen molar-refractivity contribution in [3.63, 3.8) is 0 Å². The summed E-state index contributed by atoms with van der Waals surface area (Å²) < 4.78 is 22.5. The maximum absolute atomic E-state index is 5.82. The molecule has 8 rings (SSSR count). The quantitative estimate of drug-likeness (QED) is 0.123. The van der Waals surface area contributed by atoms with Gasteiger partial charge >= 0.3 is 41.9 Å². The Morgan fingerprint density at radius 2 is 0.911 bits per heavy atom. The minimum absolute atomic E-state index is 0. The molecular weight excluding hydrogens is 831 g/mol. The largest absolute Gasteiger partial charge is 0.147 e. The molecule has 0 amide bonds. The number of hydrogen-bond donors (Lipinski definition) is 0. The molecule has 0 N–H and O–H groups in total. The summed E-state index contributed by atoms with van der Waals surface area (Å²) in [6.07, 6.45) is 0. The number of ether oxygens (including phenoxy) is 2. The van der Waals surface area contributed by atoms with Gasteiger partial charge in [0.1, 0.15) is 11.5 Å². The zero-order chi connectivity index (χ0) is 38.7. The van der Waals surface area contributed by atoms with Crippen LogP contribution in [0, 0.1) is 41.5 Å². The van der Waals surface area contributed by atoms with Gasteiger partial charge in [-0.1, -0.05) is 57.6 Å². The summed E-state index contributed by atoms with van der Waals surface area (Å²) in [6.45, 7) is 17.3. The Morgan fingerprint density at radius 3 is 1.23 bits per heavy atom. The van der Waals surface area contributed by atoms with Gasteiger partial charge in [-0.3, -0.25) is 0 Å². The number of aryl methyl sites for hydroxylation is 4. The van der Waals surface area contributed by atoms with E-state index >= 15 is 0 Å². The molecule has 6 aromatic carbocycles. The molecule has 0 aliphatic heterocycles. The van der Waals surface area contributed by atoms with Gasteiger partial charge in [0.15, 0.2) is 0 Å². The molecule has 2 aromatic heterocycles. The molecule has 0 radical (unpaired) electrons. The van der Waals surface area contributed by atoms with Crippen LogP contribution in [-0.4, -0.2) is 19.7 Å². The molecule has 288 valence electrons. The van der Waals surface area contributed by atoms with Gasteiger partial charge in [-0.15, -0.1) is 82.8 Å². The van der Waals surface area contributed by atoms with Crippen molar-refractivity contribution in [3.8, 4) is 56.4 Å². The average molecular weight is 881 g/mol. The van der Waals surface area contributed by atoms with Crippen molar-refractivity contribution in [3.05, 3.63) is 143 Å². The first-order valence-corrected chi connectivity index (χ1v) is 24.4. The molecule has 0 bridgehead atoms. The van der Waals surface area contributed by atoms with Gasteiger partial charge in [-0.25, -0.2) is 0 Å². The van der Waals surface area contributed by atoms with Crippen molar-refractivity contribution < 1.29 is 41.6 Å². The first kappa shape index (κ1) is 44.7. The second-order valence-electron chi connectivity index (χ2n) is 14.2. The van der Waals surface area contributed by atoms with E-state index < -0.39 is 0 Å². The number of furan rings is 2. The van der Waals surface area contributed by atoms with Crippen LogP contribution in [0.5, 0.6) is 11.5 Å². The Kier molecular flexibility index (Phi) is 15.5. The third-order valence-electron chi connectivity index (χ3n) is 9.83. The standard InChI is InChI=1S/2C23H21O2.C2H6Si.2ClH.Zr/c2*1-14-10-18-11-19(22-9-8-15(2)25-22)13-21(18)23(16(14)3)17-6-5-7-20(12-17)24-4;1-3-2;;;/h2*5-13H,1-4H3;1-2H3;2*1H;/q2*-1;;;;+2. The van der Waals surface area contributed by atoms with E-state index in [-0.39, 0.29) is 30.2 Å². The van der Waals surface area contributed by atoms with Crippen LogP contribution in [0.3, 0.4) is 0 Å². The number of benzene rings is 4. The molecule has 0 fully saturated rings. The molecule has 0 unspecified atom stereocenters. The summed E-state index contributed by atoms with van der Waals surface area (Å²) in [7, 11) is 3.41. The van der Waals surface area contributed by atoms with E-state index in [0.29, 0.717) is 0 Å². The van der Waals surface area contributed by atoms with Crippen LogP contribution in [-0.2, 0) is 23.3 Å². The van der Waals surface area contributed by atoms with E-state index in [2.05, 4.69) is 101 Å². The predicted octanol–water partition coefficient (Wildman–Crippen LogP) is 14.5. The fourth-order valence-electron chi connectivity index (χ4n) is 6.97. The fraction of sp³-hybridized carbons (Fsp3) is 0.208. The minimum Gasteiger partial charge on any atom is -0.147 e. The number of rotatable bonds is 6. The topological polar surface area (TPSA) is 44.7 Å². The van der Waals surface area contributed by atoms with Crippen molar-refractivity contribution >= 4 is 51.8 Å². The van der Waals surface area contributed by atoms with E-state index in [4.69, 9.17) is 18.3 Å². The van der Waals surface area contributed by atoms with Crippen molar-refractivity contribution in [1.82, 2.24) is 0 Å². The summed E-state index contributed by atoms with van der Waals surface area (Å²) in [5.41, 5.74) is 12.5. The molecule has 0 saturated carbocycles. The van der Waals surface area contributed by atoms with Crippen molar-refractivity contribution in [2.75, 3.05) is 14.2 Å². The first-order chi connectivity index (χ1) is 25.9. The minimum atomic E-state index is 0. The Labute approximate surface area is 359 Å². The second-order valence-corrected chi connectivity index (χ2v) is 23.5. The maximum Gasteiger partial charge on any atom is -0.147 e. The van der Waals surface area contributed by atoms with E-state index in [9.17, 15) is 0 Å². The van der Waals surface area contributed by atoms with Crippen LogP contribution < -0.4 is 9.47 Å². The average Bonchev–Trinajstić information content (AvgIpc) is 3.96. The third-order valence-corrected chi connectivity index (χ3v) is 9.83. The van der Waals surface area contributed by atoms with Crippen molar-refractivity contribution in [2.45, 2.75) is 54.6 Å². The van der Waals surface area contributed by atoms with Gasteiger partial charge in [0, 0.05) is 0 Å². The van der Waals surface area contributed by atoms with Crippen LogP contribution in [0.1, 0.15) is 33.8 Å². The van der Waals surface area contributed by atoms with Crippen LogP contribution in [0.4, 0.5) is 0 Å². The number of halogens is 2.